The molecule has 1 atom stereocenters. The van der Waals surface area contributed by atoms with Gasteiger partial charge in [-0.1, -0.05) is 0 Å². The highest BCUT2D eigenvalue weighted by Crippen LogP contribution is 2.22. The summed E-state index contributed by atoms with van der Waals surface area (Å²) in [7, 11) is 1.46. The molecule has 1 amide bonds. The molecule has 0 saturated carbocycles. The van der Waals surface area contributed by atoms with Gasteiger partial charge in [0.2, 0.25) is 0 Å². The fraction of sp³-hybridized carbons (Fsp3) is 0.385. The highest BCUT2D eigenvalue weighted by molar-refractivity contribution is 5.97. The van der Waals surface area contributed by atoms with E-state index in [0.29, 0.717) is 12.2 Å². The van der Waals surface area contributed by atoms with Crippen molar-refractivity contribution < 1.29 is 24.5 Å². The van der Waals surface area contributed by atoms with Gasteiger partial charge in [0.15, 0.2) is 0 Å². The number of carboxylic acid groups (broad SMARTS) is 1. The van der Waals surface area contributed by atoms with Crippen molar-refractivity contribution in [1.82, 2.24) is 5.32 Å². The molecule has 0 heterocycles. The summed E-state index contributed by atoms with van der Waals surface area (Å²) in [6, 6.07) is 4.04. The largest absolute Gasteiger partial charge is 0.507 e. The number of hydrogen-bond donors (Lipinski definition) is 3. The molecule has 104 valence electrons. The number of methoxy groups -OCH3 is 1. The van der Waals surface area contributed by atoms with E-state index in [0.717, 1.165) is 0 Å². The lowest BCUT2D eigenvalue weighted by molar-refractivity contribution is -0.137. The molecule has 1 rings (SSSR count). The van der Waals surface area contributed by atoms with Crippen LogP contribution < -0.4 is 10.1 Å². The van der Waals surface area contributed by atoms with Crippen LogP contribution in [0.4, 0.5) is 0 Å². The molecule has 0 aliphatic heterocycles. The molecule has 19 heavy (non-hydrogen) atoms. The van der Waals surface area contributed by atoms with Crippen LogP contribution in [0, 0.1) is 0 Å². The smallest absolute Gasteiger partial charge is 0.303 e. The molecular formula is C13H17NO5. The Morgan fingerprint density at radius 1 is 1.42 bits per heavy atom. The maximum Gasteiger partial charge on any atom is 0.303 e. The first-order chi connectivity index (χ1) is 8.93. The van der Waals surface area contributed by atoms with Gasteiger partial charge in [0.1, 0.15) is 11.5 Å². The van der Waals surface area contributed by atoms with Gasteiger partial charge in [0, 0.05) is 12.5 Å². The van der Waals surface area contributed by atoms with E-state index in [1.807, 2.05) is 0 Å². The maximum atomic E-state index is 11.9. The van der Waals surface area contributed by atoms with E-state index in [1.165, 1.54) is 19.2 Å². The lowest BCUT2D eigenvalue weighted by Gasteiger charge is -2.14. The quantitative estimate of drug-likeness (QED) is 0.723. The normalized spacial score (nSPS) is 11.7. The number of aliphatic carboxylic acids is 1. The molecule has 0 aliphatic carbocycles. The first kappa shape index (κ1) is 14.8. The van der Waals surface area contributed by atoms with Gasteiger partial charge < -0.3 is 20.3 Å². The predicted molar refractivity (Wildman–Crippen MR) is 68.5 cm³/mol. The number of ether oxygens (including phenoxy) is 1. The second-order valence-electron chi connectivity index (χ2n) is 4.19. The number of carbonyl (C=O) groups excluding carboxylic acids is 1. The maximum absolute atomic E-state index is 11.9. The molecule has 0 fully saturated rings. The number of benzene rings is 1. The number of amides is 1. The number of carboxylic acids is 1. The first-order valence-corrected chi connectivity index (χ1v) is 5.83. The van der Waals surface area contributed by atoms with Crippen molar-refractivity contribution in [3.63, 3.8) is 0 Å². The Kier molecular flexibility index (Phi) is 5.17. The number of carbonyl (C=O) groups is 2. The van der Waals surface area contributed by atoms with Crippen LogP contribution in [0.2, 0.25) is 0 Å². The molecule has 6 nitrogen and oxygen atoms in total. The van der Waals surface area contributed by atoms with Crippen molar-refractivity contribution in [2.75, 3.05) is 7.11 Å². The number of phenolic OH excluding ortho intramolecular Hbond substituents is 1. The lowest BCUT2D eigenvalue weighted by Crippen LogP contribution is -2.33. The zero-order chi connectivity index (χ0) is 14.4. The molecule has 0 aliphatic rings. The van der Waals surface area contributed by atoms with Gasteiger partial charge in [-0.3, -0.25) is 9.59 Å². The molecule has 0 bridgehead atoms. The van der Waals surface area contributed by atoms with Crippen molar-refractivity contribution in [1.29, 1.82) is 0 Å². The van der Waals surface area contributed by atoms with Gasteiger partial charge in [-0.25, -0.2) is 0 Å². The van der Waals surface area contributed by atoms with Crippen molar-refractivity contribution in [3.05, 3.63) is 23.8 Å². The first-order valence-electron chi connectivity index (χ1n) is 5.83. The van der Waals surface area contributed by atoms with Crippen LogP contribution in [0.15, 0.2) is 18.2 Å². The van der Waals surface area contributed by atoms with Crippen LogP contribution in [-0.4, -0.2) is 35.2 Å². The molecule has 1 aromatic rings. The highest BCUT2D eigenvalue weighted by atomic mass is 16.5. The van der Waals surface area contributed by atoms with E-state index >= 15 is 0 Å². The van der Waals surface area contributed by atoms with E-state index in [9.17, 15) is 14.7 Å². The zero-order valence-corrected chi connectivity index (χ0v) is 10.8. The number of phenols is 1. The van der Waals surface area contributed by atoms with Crippen molar-refractivity contribution in [2.45, 2.75) is 25.8 Å². The van der Waals surface area contributed by atoms with Gasteiger partial charge in [-0.2, -0.15) is 0 Å². The van der Waals surface area contributed by atoms with E-state index in [2.05, 4.69) is 5.32 Å². The minimum atomic E-state index is -0.912. The molecule has 1 unspecified atom stereocenters. The van der Waals surface area contributed by atoms with Crippen LogP contribution in [-0.2, 0) is 4.79 Å². The summed E-state index contributed by atoms with van der Waals surface area (Å²) < 4.78 is 4.98. The fourth-order valence-electron chi connectivity index (χ4n) is 1.54. The highest BCUT2D eigenvalue weighted by Gasteiger charge is 2.15. The average Bonchev–Trinajstić information content (AvgIpc) is 2.36. The van der Waals surface area contributed by atoms with Gasteiger partial charge >= 0.3 is 5.97 Å². The van der Waals surface area contributed by atoms with E-state index in [1.54, 1.807) is 13.0 Å². The Balaban J connectivity index is 2.69. The zero-order valence-electron chi connectivity index (χ0n) is 10.8. The number of rotatable bonds is 6. The van der Waals surface area contributed by atoms with Gasteiger partial charge in [-0.15, -0.1) is 0 Å². The Morgan fingerprint density at radius 2 is 2.11 bits per heavy atom. The summed E-state index contributed by atoms with van der Waals surface area (Å²) in [5.41, 5.74) is 0.0986. The lowest BCUT2D eigenvalue weighted by atomic mass is 10.1. The Labute approximate surface area is 111 Å². The second-order valence-corrected chi connectivity index (χ2v) is 4.19. The summed E-state index contributed by atoms with van der Waals surface area (Å²) >= 11 is 0. The SMILES string of the molecule is COc1ccc(O)c(C(=O)NC(C)CCC(=O)O)c1. The summed E-state index contributed by atoms with van der Waals surface area (Å²) in [5, 5.41) is 20.8. The van der Waals surface area contributed by atoms with Crippen LogP contribution in [0.1, 0.15) is 30.1 Å². The average molecular weight is 267 g/mol. The van der Waals surface area contributed by atoms with Crippen LogP contribution in [0.25, 0.3) is 0 Å². The minimum Gasteiger partial charge on any atom is -0.507 e. The molecule has 0 spiro atoms. The van der Waals surface area contributed by atoms with Crippen LogP contribution in [0.5, 0.6) is 11.5 Å². The molecule has 3 N–H and O–H groups in total. The Morgan fingerprint density at radius 3 is 2.68 bits per heavy atom. The predicted octanol–water partition coefficient (Wildman–Crippen LogP) is 1.38. The number of aromatic hydroxyl groups is 1. The van der Waals surface area contributed by atoms with Crippen LogP contribution >= 0.6 is 0 Å². The van der Waals surface area contributed by atoms with E-state index in [-0.39, 0.29) is 23.8 Å². The third kappa shape index (κ3) is 4.50. The van der Waals surface area contributed by atoms with E-state index < -0.39 is 11.9 Å². The molecule has 0 radical (unpaired) electrons. The summed E-state index contributed by atoms with van der Waals surface area (Å²) in [6.45, 7) is 1.71. The molecular weight excluding hydrogens is 250 g/mol. The monoisotopic (exact) mass is 267 g/mol. The van der Waals surface area contributed by atoms with Crippen molar-refractivity contribution >= 4 is 11.9 Å². The third-order valence-corrected chi connectivity index (χ3v) is 2.62. The topological polar surface area (TPSA) is 95.9 Å². The van der Waals surface area contributed by atoms with E-state index in [4.69, 9.17) is 9.84 Å². The van der Waals surface area contributed by atoms with Gasteiger partial charge in [-0.05, 0) is 31.5 Å². The summed E-state index contributed by atoms with van der Waals surface area (Å²) in [4.78, 5) is 22.3. The molecule has 0 saturated heterocycles. The van der Waals surface area contributed by atoms with Gasteiger partial charge in [0.05, 0.1) is 12.7 Å². The second kappa shape index (κ2) is 6.63. The number of nitrogens with one attached hydrogen (secondary N) is 1. The van der Waals surface area contributed by atoms with Crippen molar-refractivity contribution in [2.24, 2.45) is 0 Å². The molecule has 6 heteroatoms. The van der Waals surface area contributed by atoms with Crippen molar-refractivity contribution in [3.8, 4) is 11.5 Å². The fourth-order valence-corrected chi connectivity index (χ4v) is 1.54. The summed E-state index contributed by atoms with van der Waals surface area (Å²) in [6.07, 6.45) is 0.303. The Hall–Kier alpha value is -2.24. The molecule has 0 aromatic heterocycles. The summed E-state index contributed by atoms with van der Waals surface area (Å²) in [5.74, 6) is -1.07. The Bertz CT molecular complexity index is 472. The standard InChI is InChI=1S/C13H17NO5/c1-8(3-6-12(16)17)14-13(18)10-7-9(19-2)4-5-11(10)15/h4-5,7-8,15H,3,6H2,1-2H3,(H,14,18)(H,16,17). The molecule has 1 aromatic carbocycles. The minimum absolute atomic E-state index is 0.0223. The van der Waals surface area contributed by atoms with Gasteiger partial charge in [0.25, 0.3) is 5.91 Å². The number of hydrogen-bond acceptors (Lipinski definition) is 4. The third-order valence-electron chi connectivity index (χ3n) is 2.62. The van der Waals surface area contributed by atoms with Crippen LogP contribution in [0.3, 0.4) is 0 Å².